The summed E-state index contributed by atoms with van der Waals surface area (Å²) in [6, 6.07) is 15.9. The number of para-hydroxylation sites is 1. The summed E-state index contributed by atoms with van der Waals surface area (Å²) in [6.07, 6.45) is 1.66. The molecule has 2 aromatic rings. The van der Waals surface area contributed by atoms with Gasteiger partial charge in [-0.2, -0.15) is 0 Å². The van der Waals surface area contributed by atoms with Crippen LogP contribution in [0.4, 0.5) is 10.5 Å². The van der Waals surface area contributed by atoms with Crippen LogP contribution >= 0.6 is 15.9 Å². The molecule has 1 fully saturated rings. The lowest BCUT2D eigenvalue weighted by atomic mass is 10.2. The molecular formula is C16H11BrN2O2. The lowest BCUT2D eigenvalue weighted by Gasteiger charge is -2.10. The molecule has 1 N–H and O–H groups in total. The fraction of sp³-hybridized carbons (Fsp3) is 0. The summed E-state index contributed by atoms with van der Waals surface area (Å²) < 4.78 is 0.859. The van der Waals surface area contributed by atoms with E-state index in [2.05, 4.69) is 21.2 Å². The first-order valence-corrected chi connectivity index (χ1v) is 7.13. The van der Waals surface area contributed by atoms with E-state index in [0.717, 1.165) is 14.9 Å². The quantitative estimate of drug-likeness (QED) is 0.670. The fourth-order valence-corrected chi connectivity index (χ4v) is 2.49. The third-order valence-corrected chi connectivity index (χ3v) is 3.82. The van der Waals surface area contributed by atoms with Gasteiger partial charge in [0.25, 0.3) is 5.91 Å². The van der Waals surface area contributed by atoms with Gasteiger partial charge in [-0.15, -0.1) is 0 Å². The molecule has 0 atom stereocenters. The highest BCUT2D eigenvalue weighted by molar-refractivity contribution is 9.10. The van der Waals surface area contributed by atoms with Crippen LogP contribution in [0, 0.1) is 0 Å². The van der Waals surface area contributed by atoms with E-state index in [9.17, 15) is 9.59 Å². The number of hydrogen-bond donors (Lipinski definition) is 1. The van der Waals surface area contributed by atoms with Crippen molar-refractivity contribution in [1.82, 2.24) is 5.32 Å². The van der Waals surface area contributed by atoms with Crippen molar-refractivity contribution in [2.75, 3.05) is 4.90 Å². The Morgan fingerprint density at radius 3 is 2.33 bits per heavy atom. The number of rotatable bonds is 2. The molecule has 0 radical (unpaired) electrons. The van der Waals surface area contributed by atoms with E-state index in [4.69, 9.17) is 0 Å². The molecular weight excluding hydrogens is 332 g/mol. The number of carbonyl (C=O) groups excluding carboxylic acids is 2. The topological polar surface area (TPSA) is 49.4 Å². The third kappa shape index (κ3) is 2.60. The Kier molecular flexibility index (Phi) is 3.58. The summed E-state index contributed by atoms with van der Waals surface area (Å²) in [5.74, 6) is -0.359. The molecule has 104 valence electrons. The van der Waals surface area contributed by atoms with Crippen LogP contribution in [0.2, 0.25) is 0 Å². The van der Waals surface area contributed by atoms with Gasteiger partial charge in [-0.3, -0.25) is 4.79 Å². The molecule has 0 spiro atoms. The molecule has 0 unspecified atom stereocenters. The molecule has 0 aromatic heterocycles. The first-order chi connectivity index (χ1) is 10.2. The highest BCUT2D eigenvalue weighted by Gasteiger charge is 2.34. The number of imide groups is 1. The average Bonchev–Trinajstić information content (AvgIpc) is 2.77. The molecule has 1 saturated heterocycles. The van der Waals surface area contributed by atoms with Crippen molar-refractivity contribution in [3.8, 4) is 0 Å². The SMILES string of the molecule is O=C1N/C(=C\c2ccccc2Br)C(=O)N1c1ccccc1. The van der Waals surface area contributed by atoms with Crippen molar-refractivity contribution in [2.24, 2.45) is 0 Å². The van der Waals surface area contributed by atoms with Crippen LogP contribution in [0.15, 0.2) is 64.8 Å². The van der Waals surface area contributed by atoms with Crippen molar-refractivity contribution in [3.05, 3.63) is 70.3 Å². The summed E-state index contributed by atoms with van der Waals surface area (Å²) >= 11 is 3.42. The van der Waals surface area contributed by atoms with Gasteiger partial charge in [0.15, 0.2) is 0 Å². The Morgan fingerprint density at radius 2 is 1.62 bits per heavy atom. The molecule has 1 aliphatic rings. The van der Waals surface area contributed by atoms with Gasteiger partial charge in [0, 0.05) is 4.47 Å². The van der Waals surface area contributed by atoms with E-state index < -0.39 is 6.03 Å². The van der Waals surface area contributed by atoms with Crippen LogP contribution in [0.25, 0.3) is 6.08 Å². The molecule has 1 heterocycles. The van der Waals surface area contributed by atoms with E-state index in [-0.39, 0.29) is 11.6 Å². The van der Waals surface area contributed by atoms with Crippen molar-refractivity contribution >= 4 is 39.6 Å². The molecule has 2 aromatic carbocycles. The molecule has 5 heteroatoms. The number of nitrogens with one attached hydrogen (secondary N) is 1. The van der Waals surface area contributed by atoms with Gasteiger partial charge in [0.2, 0.25) is 0 Å². The minimum Gasteiger partial charge on any atom is -0.302 e. The number of benzene rings is 2. The van der Waals surface area contributed by atoms with Gasteiger partial charge in [-0.25, -0.2) is 9.69 Å². The Morgan fingerprint density at radius 1 is 0.952 bits per heavy atom. The summed E-state index contributed by atoms with van der Waals surface area (Å²) in [6.45, 7) is 0. The van der Waals surface area contributed by atoms with Gasteiger partial charge in [0.05, 0.1) is 5.69 Å². The number of nitrogens with zero attached hydrogens (tertiary/aromatic N) is 1. The number of urea groups is 1. The first kappa shape index (κ1) is 13.6. The molecule has 3 amide bonds. The minimum absolute atomic E-state index is 0.260. The number of halogens is 1. The second-order valence-electron chi connectivity index (χ2n) is 4.49. The van der Waals surface area contributed by atoms with Gasteiger partial charge >= 0.3 is 6.03 Å². The zero-order chi connectivity index (χ0) is 14.8. The Labute approximate surface area is 130 Å². The highest BCUT2D eigenvalue weighted by atomic mass is 79.9. The second-order valence-corrected chi connectivity index (χ2v) is 5.34. The molecule has 3 rings (SSSR count). The molecule has 1 aliphatic heterocycles. The maximum absolute atomic E-state index is 12.4. The smallest absolute Gasteiger partial charge is 0.302 e. The monoisotopic (exact) mass is 342 g/mol. The summed E-state index contributed by atoms with van der Waals surface area (Å²) in [4.78, 5) is 25.5. The molecule has 0 saturated carbocycles. The van der Waals surface area contributed by atoms with Crippen LogP contribution in [-0.4, -0.2) is 11.9 Å². The zero-order valence-corrected chi connectivity index (χ0v) is 12.5. The normalized spacial score (nSPS) is 16.4. The van der Waals surface area contributed by atoms with Gasteiger partial charge < -0.3 is 5.32 Å². The predicted octanol–water partition coefficient (Wildman–Crippen LogP) is 3.55. The fourth-order valence-electron chi connectivity index (χ4n) is 2.09. The molecule has 0 aliphatic carbocycles. The predicted molar refractivity (Wildman–Crippen MR) is 84.6 cm³/mol. The summed E-state index contributed by atoms with van der Waals surface area (Å²) in [5.41, 5.74) is 1.64. The summed E-state index contributed by atoms with van der Waals surface area (Å²) in [7, 11) is 0. The Bertz CT molecular complexity index is 741. The lowest BCUT2D eigenvalue weighted by Crippen LogP contribution is -2.30. The van der Waals surface area contributed by atoms with Crippen molar-refractivity contribution < 1.29 is 9.59 Å². The average molecular weight is 343 g/mol. The third-order valence-electron chi connectivity index (χ3n) is 3.10. The standard InChI is InChI=1S/C16H11BrN2O2/c17-13-9-5-4-6-11(13)10-14-15(20)19(16(21)18-14)12-7-2-1-3-8-12/h1-10H,(H,18,21)/b14-10-. The second kappa shape index (κ2) is 5.54. The van der Waals surface area contributed by atoms with E-state index in [1.165, 1.54) is 0 Å². The van der Waals surface area contributed by atoms with Crippen LogP contribution < -0.4 is 10.2 Å². The van der Waals surface area contributed by atoms with Crippen LogP contribution in [0.3, 0.4) is 0 Å². The Balaban J connectivity index is 1.96. The molecule has 4 nitrogen and oxygen atoms in total. The highest BCUT2D eigenvalue weighted by Crippen LogP contribution is 2.24. The largest absolute Gasteiger partial charge is 0.333 e. The van der Waals surface area contributed by atoms with Gasteiger partial charge in [-0.05, 0) is 29.8 Å². The van der Waals surface area contributed by atoms with Crippen LogP contribution in [-0.2, 0) is 4.79 Å². The van der Waals surface area contributed by atoms with E-state index >= 15 is 0 Å². The van der Waals surface area contributed by atoms with E-state index in [1.54, 1.807) is 30.3 Å². The minimum atomic E-state index is -0.440. The number of carbonyl (C=O) groups is 2. The van der Waals surface area contributed by atoms with E-state index in [0.29, 0.717) is 5.69 Å². The van der Waals surface area contributed by atoms with Crippen LogP contribution in [0.5, 0.6) is 0 Å². The van der Waals surface area contributed by atoms with Gasteiger partial charge in [-0.1, -0.05) is 52.3 Å². The first-order valence-electron chi connectivity index (χ1n) is 6.33. The Hall–Kier alpha value is -2.40. The number of amides is 3. The van der Waals surface area contributed by atoms with Gasteiger partial charge in [0.1, 0.15) is 5.70 Å². The lowest BCUT2D eigenvalue weighted by molar-refractivity contribution is -0.113. The number of hydrogen-bond acceptors (Lipinski definition) is 2. The van der Waals surface area contributed by atoms with Crippen molar-refractivity contribution in [2.45, 2.75) is 0 Å². The summed E-state index contributed by atoms with van der Waals surface area (Å²) in [5, 5.41) is 2.61. The van der Waals surface area contributed by atoms with Crippen molar-refractivity contribution in [3.63, 3.8) is 0 Å². The maximum Gasteiger partial charge on any atom is 0.333 e. The maximum atomic E-state index is 12.4. The number of anilines is 1. The molecule has 0 bridgehead atoms. The van der Waals surface area contributed by atoms with E-state index in [1.807, 2.05) is 30.3 Å². The zero-order valence-electron chi connectivity index (χ0n) is 10.9. The molecule has 21 heavy (non-hydrogen) atoms. The van der Waals surface area contributed by atoms with Crippen LogP contribution in [0.1, 0.15) is 5.56 Å². The van der Waals surface area contributed by atoms with Crippen molar-refractivity contribution in [1.29, 1.82) is 0 Å².